The standard InChI is InChI=1S/C10H14N2O/c1-7-5-8-3-2-4-9(6-13-11)10(8)12-7/h2-4,7,12H,5-6,11H2,1H3. The van der Waals surface area contributed by atoms with Crippen LogP contribution in [-0.2, 0) is 17.9 Å². The molecule has 0 amide bonds. The van der Waals surface area contributed by atoms with E-state index >= 15 is 0 Å². The van der Waals surface area contributed by atoms with Crippen LogP contribution >= 0.6 is 0 Å². The number of nitrogens with two attached hydrogens (primary N) is 1. The fourth-order valence-corrected chi connectivity index (χ4v) is 1.85. The normalized spacial score (nSPS) is 19.7. The summed E-state index contributed by atoms with van der Waals surface area (Å²) in [5, 5.41) is 3.42. The van der Waals surface area contributed by atoms with Crippen molar-refractivity contribution >= 4 is 5.69 Å². The first kappa shape index (κ1) is 8.53. The van der Waals surface area contributed by atoms with E-state index in [2.05, 4.69) is 23.1 Å². The Bertz CT molecular complexity index is 312. The summed E-state index contributed by atoms with van der Waals surface area (Å²) in [5.41, 5.74) is 3.71. The second-order valence-corrected chi connectivity index (χ2v) is 3.51. The number of para-hydroxylation sites is 1. The van der Waals surface area contributed by atoms with Gasteiger partial charge < -0.3 is 5.32 Å². The van der Waals surface area contributed by atoms with Crippen molar-refractivity contribution in [3.8, 4) is 0 Å². The van der Waals surface area contributed by atoms with E-state index in [1.165, 1.54) is 11.3 Å². The van der Waals surface area contributed by atoms with Gasteiger partial charge in [-0.1, -0.05) is 18.2 Å². The lowest BCUT2D eigenvalue weighted by atomic mass is 10.1. The van der Waals surface area contributed by atoms with Crippen molar-refractivity contribution in [2.75, 3.05) is 5.32 Å². The lowest BCUT2D eigenvalue weighted by Gasteiger charge is -2.08. The Balaban J connectivity index is 2.34. The Morgan fingerprint density at radius 3 is 3.23 bits per heavy atom. The van der Waals surface area contributed by atoms with E-state index < -0.39 is 0 Å². The number of hydrogen-bond acceptors (Lipinski definition) is 3. The van der Waals surface area contributed by atoms with E-state index in [1.807, 2.05) is 12.1 Å². The minimum Gasteiger partial charge on any atom is -0.382 e. The van der Waals surface area contributed by atoms with Gasteiger partial charge in [0.05, 0.1) is 6.61 Å². The third-order valence-electron chi connectivity index (χ3n) is 2.39. The van der Waals surface area contributed by atoms with Gasteiger partial charge in [0.1, 0.15) is 0 Å². The molecule has 1 aromatic carbocycles. The molecule has 0 bridgehead atoms. The van der Waals surface area contributed by atoms with Crippen LogP contribution in [0.1, 0.15) is 18.1 Å². The third-order valence-corrected chi connectivity index (χ3v) is 2.39. The van der Waals surface area contributed by atoms with Gasteiger partial charge >= 0.3 is 0 Å². The highest BCUT2D eigenvalue weighted by Gasteiger charge is 2.18. The molecule has 3 heteroatoms. The van der Waals surface area contributed by atoms with Crippen LogP contribution in [0.3, 0.4) is 0 Å². The molecule has 3 nitrogen and oxygen atoms in total. The van der Waals surface area contributed by atoms with Crippen LogP contribution in [0.2, 0.25) is 0 Å². The van der Waals surface area contributed by atoms with E-state index in [0.29, 0.717) is 12.6 Å². The molecule has 1 atom stereocenters. The largest absolute Gasteiger partial charge is 0.382 e. The van der Waals surface area contributed by atoms with Gasteiger partial charge in [-0.05, 0) is 18.9 Å². The van der Waals surface area contributed by atoms with Crippen LogP contribution in [0.5, 0.6) is 0 Å². The Labute approximate surface area is 77.8 Å². The first-order valence-corrected chi connectivity index (χ1v) is 4.50. The lowest BCUT2D eigenvalue weighted by molar-refractivity contribution is 0.124. The van der Waals surface area contributed by atoms with Crippen molar-refractivity contribution in [2.45, 2.75) is 26.0 Å². The molecule has 0 spiro atoms. The molecule has 0 aliphatic carbocycles. The summed E-state index contributed by atoms with van der Waals surface area (Å²) in [6.45, 7) is 2.65. The van der Waals surface area contributed by atoms with Gasteiger partial charge in [0.25, 0.3) is 0 Å². The van der Waals surface area contributed by atoms with E-state index in [9.17, 15) is 0 Å². The van der Waals surface area contributed by atoms with Crippen molar-refractivity contribution in [1.82, 2.24) is 0 Å². The molecule has 3 N–H and O–H groups in total. The van der Waals surface area contributed by atoms with Gasteiger partial charge in [-0.25, -0.2) is 5.90 Å². The average Bonchev–Trinajstić information content (AvgIpc) is 2.47. The van der Waals surface area contributed by atoms with Crippen LogP contribution in [0.25, 0.3) is 0 Å². The van der Waals surface area contributed by atoms with E-state index in [4.69, 9.17) is 5.90 Å². The predicted octanol–water partition coefficient (Wildman–Crippen LogP) is 1.43. The van der Waals surface area contributed by atoms with Crippen LogP contribution in [-0.4, -0.2) is 6.04 Å². The van der Waals surface area contributed by atoms with Gasteiger partial charge in [0.15, 0.2) is 0 Å². The SMILES string of the molecule is CC1Cc2cccc(CON)c2N1. The summed E-state index contributed by atoms with van der Waals surface area (Å²) in [6, 6.07) is 6.75. The zero-order chi connectivity index (χ0) is 9.26. The van der Waals surface area contributed by atoms with Gasteiger partial charge in [0.2, 0.25) is 0 Å². The van der Waals surface area contributed by atoms with Crippen molar-refractivity contribution in [3.05, 3.63) is 29.3 Å². The Kier molecular flexibility index (Phi) is 2.20. The molecule has 0 saturated carbocycles. The average molecular weight is 178 g/mol. The molecule has 1 heterocycles. The van der Waals surface area contributed by atoms with E-state index in [1.54, 1.807) is 0 Å². The number of benzene rings is 1. The van der Waals surface area contributed by atoms with Crippen molar-refractivity contribution in [2.24, 2.45) is 5.90 Å². The third kappa shape index (κ3) is 1.53. The maximum absolute atomic E-state index is 5.06. The first-order chi connectivity index (χ1) is 6.31. The first-order valence-electron chi connectivity index (χ1n) is 4.50. The summed E-state index contributed by atoms with van der Waals surface area (Å²) in [6.07, 6.45) is 1.09. The molecule has 1 aromatic rings. The monoisotopic (exact) mass is 178 g/mol. The maximum atomic E-state index is 5.06. The number of hydrogen-bond donors (Lipinski definition) is 2. The van der Waals surface area contributed by atoms with Crippen molar-refractivity contribution in [3.63, 3.8) is 0 Å². The minimum absolute atomic E-state index is 0.475. The van der Waals surface area contributed by atoms with Gasteiger partial charge in [-0.15, -0.1) is 0 Å². The highest BCUT2D eigenvalue weighted by molar-refractivity contribution is 5.61. The minimum atomic E-state index is 0.475. The second kappa shape index (κ2) is 3.36. The van der Waals surface area contributed by atoms with Gasteiger partial charge in [-0.3, -0.25) is 4.84 Å². The zero-order valence-corrected chi connectivity index (χ0v) is 7.71. The zero-order valence-electron chi connectivity index (χ0n) is 7.71. The Morgan fingerprint density at radius 1 is 1.62 bits per heavy atom. The van der Waals surface area contributed by atoms with Crippen molar-refractivity contribution < 1.29 is 4.84 Å². The maximum Gasteiger partial charge on any atom is 0.0950 e. The molecule has 0 radical (unpaired) electrons. The van der Waals surface area contributed by atoms with E-state index in [0.717, 1.165) is 12.0 Å². The Hall–Kier alpha value is -1.06. The van der Waals surface area contributed by atoms with Crippen molar-refractivity contribution in [1.29, 1.82) is 0 Å². The molecule has 0 aromatic heterocycles. The topological polar surface area (TPSA) is 47.3 Å². The quantitative estimate of drug-likeness (QED) is 0.673. The number of nitrogens with one attached hydrogen (secondary N) is 1. The number of fused-ring (bicyclic) bond motifs is 1. The predicted molar refractivity (Wildman–Crippen MR) is 52.2 cm³/mol. The summed E-state index contributed by atoms with van der Waals surface area (Å²) >= 11 is 0. The summed E-state index contributed by atoms with van der Waals surface area (Å²) in [4.78, 5) is 4.65. The molecule has 0 fully saturated rings. The number of rotatable bonds is 2. The fourth-order valence-electron chi connectivity index (χ4n) is 1.85. The fraction of sp³-hybridized carbons (Fsp3) is 0.400. The summed E-state index contributed by atoms with van der Waals surface area (Å²) in [7, 11) is 0. The molecule has 70 valence electrons. The van der Waals surface area contributed by atoms with Crippen LogP contribution in [0.15, 0.2) is 18.2 Å². The molecule has 0 saturated heterocycles. The van der Waals surface area contributed by atoms with Crippen LogP contribution < -0.4 is 11.2 Å². The van der Waals surface area contributed by atoms with Crippen LogP contribution in [0, 0.1) is 0 Å². The van der Waals surface area contributed by atoms with Gasteiger partial charge in [0, 0.05) is 17.3 Å². The molecule has 1 aliphatic rings. The highest BCUT2D eigenvalue weighted by atomic mass is 16.6. The molecule has 1 aliphatic heterocycles. The lowest BCUT2D eigenvalue weighted by Crippen LogP contribution is -2.10. The second-order valence-electron chi connectivity index (χ2n) is 3.51. The Morgan fingerprint density at radius 2 is 2.46 bits per heavy atom. The smallest absolute Gasteiger partial charge is 0.0950 e. The number of anilines is 1. The summed E-state index contributed by atoms with van der Waals surface area (Å²) in [5.74, 6) is 5.06. The van der Waals surface area contributed by atoms with E-state index in [-0.39, 0.29) is 0 Å². The molecule has 2 rings (SSSR count). The molecular weight excluding hydrogens is 164 g/mol. The van der Waals surface area contributed by atoms with Crippen LogP contribution in [0.4, 0.5) is 5.69 Å². The molecule has 13 heavy (non-hydrogen) atoms. The van der Waals surface area contributed by atoms with Gasteiger partial charge in [-0.2, -0.15) is 0 Å². The highest BCUT2D eigenvalue weighted by Crippen LogP contribution is 2.29. The molecular formula is C10H14N2O. The summed E-state index contributed by atoms with van der Waals surface area (Å²) < 4.78 is 0. The molecule has 1 unspecified atom stereocenters.